The second kappa shape index (κ2) is 15.1. The molecular formula is C26H34N2O8. The molecule has 2 rings (SSSR count). The van der Waals surface area contributed by atoms with Crippen molar-refractivity contribution in [3.63, 3.8) is 0 Å². The first-order valence-corrected chi connectivity index (χ1v) is 12.0. The standard InChI is InChI=1S/C26H34N2O8/c1-5-32-21-16-19(17-22(33-6-2)23(21)34-7-3)25(30)28-15-9-14-27-24(29)18-10-12-20(13-11-18)36-26(31)35-8-4/h10-13,16-17H,5-9,14-15H2,1-4H3,(H,27,29)(H,28,30). The Bertz CT molecular complexity index is 980. The minimum absolute atomic E-state index is 0.211. The van der Waals surface area contributed by atoms with Gasteiger partial charge in [0.05, 0.1) is 26.4 Å². The molecule has 0 aromatic heterocycles. The van der Waals surface area contributed by atoms with Crippen molar-refractivity contribution in [3.05, 3.63) is 47.5 Å². The fraction of sp³-hybridized carbons (Fsp3) is 0.423. The van der Waals surface area contributed by atoms with Crippen molar-refractivity contribution in [2.45, 2.75) is 34.1 Å². The van der Waals surface area contributed by atoms with Crippen molar-refractivity contribution < 1.29 is 38.1 Å². The van der Waals surface area contributed by atoms with Gasteiger partial charge in [0.2, 0.25) is 5.75 Å². The molecule has 10 heteroatoms. The zero-order chi connectivity index (χ0) is 26.3. The summed E-state index contributed by atoms with van der Waals surface area (Å²) in [6.45, 7) is 9.42. The van der Waals surface area contributed by atoms with Crippen LogP contribution in [0.15, 0.2) is 36.4 Å². The van der Waals surface area contributed by atoms with E-state index < -0.39 is 6.16 Å². The Morgan fingerprint density at radius 2 is 1.22 bits per heavy atom. The molecular weight excluding hydrogens is 468 g/mol. The summed E-state index contributed by atoms with van der Waals surface area (Å²) >= 11 is 0. The zero-order valence-corrected chi connectivity index (χ0v) is 21.2. The van der Waals surface area contributed by atoms with Gasteiger partial charge < -0.3 is 34.3 Å². The van der Waals surface area contributed by atoms with Crippen LogP contribution in [-0.2, 0) is 4.74 Å². The number of hydrogen-bond acceptors (Lipinski definition) is 8. The summed E-state index contributed by atoms with van der Waals surface area (Å²) in [5.74, 6) is 1.08. The van der Waals surface area contributed by atoms with Gasteiger partial charge in [-0.05, 0) is 70.5 Å². The van der Waals surface area contributed by atoms with E-state index in [4.69, 9.17) is 23.7 Å². The van der Waals surface area contributed by atoms with E-state index in [-0.39, 0.29) is 24.2 Å². The smallest absolute Gasteiger partial charge is 0.490 e. The third-order valence-electron chi connectivity index (χ3n) is 4.68. The van der Waals surface area contributed by atoms with Crippen LogP contribution in [0.4, 0.5) is 4.79 Å². The maximum Gasteiger partial charge on any atom is 0.513 e. The SMILES string of the molecule is CCOC(=O)Oc1ccc(C(=O)NCCCNC(=O)c2cc(OCC)c(OCC)c(OCC)c2)cc1. The van der Waals surface area contributed by atoms with Gasteiger partial charge in [-0.3, -0.25) is 9.59 Å². The number of rotatable bonds is 14. The Morgan fingerprint density at radius 3 is 1.72 bits per heavy atom. The Morgan fingerprint density at radius 1 is 0.694 bits per heavy atom. The minimum atomic E-state index is -0.801. The van der Waals surface area contributed by atoms with Crippen LogP contribution in [0.25, 0.3) is 0 Å². The second-order valence-corrected chi connectivity index (χ2v) is 7.28. The van der Waals surface area contributed by atoms with Gasteiger partial charge in [0.1, 0.15) is 5.75 Å². The van der Waals surface area contributed by atoms with Gasteiger partial charge in [-0.1, -0.05) is 0 Å². The zero-order valence-electron chi connectivity index (χ0n) is 21.2. The molecule has 0 bridgehead atoms. The summed E-state index contributed by atoms with van der Waals surface area (Å²) in [5.41, 5.74) is 0.802. The van der Waals surface area contributed by atoms with Gasteiger partial charge in [0, 0.05) is 24.2 Å². The lowest BCUT2D eigenvalue weighted by Gasteiger charge is -2.17. The topological polar surface area (TPSA) is 121 Å². The van der Waals surface area contributed by atoms with Crippen LogP contribution >= 0.6 is 0 Å². The summed E-state index contributed by atoms with van der Waals surface area (Å²) in [4.78, 5) is 36.3. The average Bonchev–Trinajstić information content (AvgIpc) is 2.86. The van der Waals surface area contributed by atoms with Crippen LogP contribution in [0.2, 0.25) is 0 Å². The molecule has 2 N–H and O–H groups in total. The lowest BCUT2D eigenvalue weighted by molar-refractivity contribution is 0.0950. The van der Waals surface area contributed by atoms with E-state index in [0.29, 0.717) is 67.7 Å². The quantitative estimate of drug-likeness (QED) is 0.226. The van der Waals surface area contributed by atoms with Crippen molar-refractivity contribution >= 4 is 18.0 Å². The van der Waals surface area contributed by atoms with E-state index in [1.807, 2.05) is 20.8 Å². The summed E-state index contributed by atoms with van der Waals surface area (Å²) in [6, 6.07) is 9.37. The summed E-state index contributed by atoms with van der Waals surface area (Å²) in [6.07, 6.45) is -0.278. The molecule has 0 aliphatic heterocycles. The number of ether oxygens (including phenoxy) is 5. The summed E-state index contributed by atoms with van der Waals surface area (Å²) in [7, 11) is 0. The fourth-order valence-corrected chi connectivity index (χ4v) is 3.13. The van der Waals surface area contributed by atoms with Gasteiger partial charge in [0.25, 0.3) is 11.8 Å². The fourth-order valence-electron chi connectivity index (χ4n) is 3.13. The van der Waals surface area contributed by atoms with Crippen molar-refractivity contribution in [2.24, 2.45) is 0 Å². The van der Waals surface area contributed by atoms with Crippen LogP contribution in [0.5, 0.6) is 23.0 Å². The lowest BCUT2D eigenvalue weighted by Crippen LogP contribution is -2.30. The first-order chi connectivity index (χ1) is 17.4. The number of carbonyl (C=O) groups is 3. The molecule has 0 unspecified atom stereocenters. The highest BCUT2D eigenvalue weighted by molar-refractivity contribution is 5.96. The van der Waals surface area contributed by atoms with E-state index in [9.17, 15) is 14.4 Å². The summed E-state index contributed by atoms with van der Waals surface area (Å²) in [5, 5.41) is 5.62. The maximum absolute atomic E-state index is 12.7. The molecule has 0 spiro atoms. The Hall–Kier alpha value is -3.95. The molecule has 0 heterocycles. The molecule has 36 heavy (non-hydrogen) atoms. The third kappa shape index (κ3) is 8.68. The van der Waals surface area contributed by atoms with Crippen LogP contribution < -0.4 is 29.6 Å². The van der Waals surface area contributed by atoms with Crippen molar-refractivity contribution in [1.29, 1.82) is 0 Å². The van der Waals surface area contributed by atoms with Crippen LogP contribution in [-0.4, -0.2) is 57.5 Å². The van der Waals surface area contributed by atoms with Gasteiger partial charge in [0.15, 0.2) is 11.5 Å². The van der Waals surface area contributed by atoms with Gasteiger partial charge in [-0.15, -0.1) is 0 Å². The maximum atomic E-state index is 12.7. The van der Waals surface area contributed by atoms with Crippen molar-refractivity contribution in [1.82, 2.24) is 10.6 Å². The Labute approximate surface area is 211 Å². The predicted octanol–water partition coefficient (Wildman–Crippen LogP) is 3.97. The number of carbonyl (C=O) groups excluding carboxylic acids is 3. The largest absolute Gasteiger partial charge is 0.513 e. The van der Waals surface area contributed by atoms with E-state index in [0.717, 1.165) is 0 Å². The molecule has 196 valence electrons. The van der Waals surface area contributed by atoms with E-state index in [1.54, 1.807) is 31.2 Å². The minimum Gasteiger partial charge on any atom is -0.490 e. The first kappa shape index (κ1) is 28.3. The molecule has 0 saturated heterocycles. The van der Waals surface area contributed by atoms with Gasteiger partial charge in [-0.2, -0.15) is 0 Å². The predicted molar refractivity (Wildman–Crippen MR) is 133 cm³/mol. The Balaban J connectivity index is 1.85. The van der Waals surface area contributed by atoms with E-state index in [2.05, 4.69) is 10.6 Å². The van der Waals surface area contributed by atoms with E-state index in [1.165, 1.54) is 12.1 Å². The molecule has 10 nitrogen and oxygen atoms in total. The van der Waals surface area contributed by atoms with Crippen LogP contribution in [0, 0.1) is 0 Å². The molecule has 2 aromatic rings. The monoisotopic (exact) mass is 502 g/mol. The normalized spacial score (nSPS) is 10.2. The van der Waals surface area contributed by atoms with Crippen molar-refractivity contribution in [2.75, 3.05) is 39.5 Å². The number of hydrogen-bond donors (Lipinski definition) is 2. The number of benzene rings is 2. The molecule has 0 radical (unpaired) electrons. The molecule has 0 atom stereocenters. The van der Waals surface area contributed by atoms with E-state index >= 15 is 0 Å². The molecule has 0 aliphatic rings. The molecule has 0 fully saturated rings. The van der Waals surface area contributed by atoms with Gasteiger partial charge >= 0.3 is 6.16 Å². The first-order valence-electron chi connectivity index (χ1n) is 12.0. The Kier molecular flexibility index (Phi) is 11.9. The molecule has 2 amide bonds. The second-order valence-electron chi connectivity index (χ2n) is 7.28. The summed E-state index contributed by atoms with van der Waals surface area (Å²) < 4.78 is 26.6. The average molecular weight is 503 g/mol. The highest BCUT2D eigenvalue weighted by Gasteiger charge is 2.18. The highest BCUT2D eigenvalue weighted by Crippen LogP contribution is 2.39. The molecule has 0 aliphatic carbocycles. The molecule has 2 aromatic carbocycles. The lowest BCUT2D eigenvalue weighted by atomic mass is 10.1. The number of nitrogens with one attached hydrogen (secondary N) is 2. The molecule has 0 saturated carbocycles. The third-order valence-corrected chi connectivity index (χ3v) is 4.68. The van der Waals surface area contributed by atoms with Crippen LogP contribution in [0.3, 0.4) is 0 Å². The number of amides is 2. The van der Waals surface area contributed by atoms with Gasteiger partial charge in [-0.25, -0.2) is 4.79 Å². The van der Waals surface area contributed by atoms with Crippen molar-refractivity contribution in [3.8, 4) is 23.0 Å². The van der Waals surface area contributed by atoms with Crippen LogP contribution in [0.1, 0.15) is 54.8 Å². The highest BCUT2D eigenvalue weighted by atomic mass is 16.7.